The summed E-state index contributed by atoms with van der Waals surface area (Å²) in [6.07, 6.45) is 0.717. The number of aromatic hydroxyl groups is 1. The van der Waals surface area contributed by atoms with Gasteiger partial charge in [0.1, 0.15) is 35.9 Å². The maximum atomic E-state index is 15.8. The number of nitrogens with one attached hydrogen (secondary N) is 2. The number of likely N-dealkylation sites (tertiary alicyclic amines) is 2. The minimum Gasteiger partial charge on any atom is -0.506 e. The molecule has 4 aliphatic heterocycles. The second-order valence-electron chi connectivity index (χ2n) is 14.9. The van der Waals surface area contributed by atoms with Crippen LogP contribution in [0.3, 0.4) is 0 Å². The number of phenolic OH excluding ortho intramolecular Hbond substituents is 1. The van der Waals surface area contributed by atoms with Crippen LogP contribution in [0, 0.1) is 5.82 Å². The van der Waals surface area contributed by atoms with Crippen molar-refractivity contribution in [1.82, 2.24) is 29.0 Å². The number of imide groups is 1. The molecule has 0 radical (unpaired) electrons. The van der Waals surface area contributed by atoms with Gasteiger partial charge in [-0.2, -0.15) is 8.42 Å². The van der Waals surface area contributed by atoms with Crippen LogP contribution in [0.5, 0.6) is 11.5 Å². The predicted octanol–water partition coefficient (Wildman–Crippen LogP) is 1.99. The minimum absolute atomic E-state index is 0.0435. The highest BCUT2D eigenvalue weighted by molar-refractivity contribution is 7.92. The van der Waals surface area contributed by atoms with Gasteiger partial charge in [-0.15, -0.1) is 0 Å². The molecule has 0 saturated carbocycles. The number of fused-ring (bicyclic) bond motifs is 2. The number of nitrogens with zero attached hydrogens (tertiary/aromatic N) is 5. The monoisotopic (exact) mass is 813 g/mol. The van der Waals surface area contributed by atoms with Gasteiger partial charge in [-0.3, -0.25) is 38.5 Å². The van der Waals surface area contributed by atoms with Crippen molar-refractivity contribution in [3.8, 4) is 11.5 Å². The van der Waals surface area contributed by atoms with E-state index in [1.165, 1.54) is 45.3 Å². The van der Waals surface area contributed by atoms with Gasteiger partial charge in [-0.1, -0.05) is 12.1 Å². The second kappa shape index (κ2) is 14.1. The maximum Gasteiger partial charge on any atom is 0.329 e. The number of hydrogen-bond donors (Lipinski definition) is 3. The minimum atomic E-state index is -4.39. The van der Waals surface area contributed by atoms with Crippen LogP contribution in [0.15, 0.2) is 47.3 Å². The predicted molar refractivity (Wildman–Crippen MR) is 198 cm³/mol. The summed E-state index contributed by atoms with van der Waals surface area (Å²) in [6, 6.07) is 9.36. The standard InChI is InChI=1S/C37H38F3N7O9S/c1-43-28-14-21(3-5-26(28)47(36(43)53)27-6-7-30(49)41-35(27)52)25-10-11-44(19-37(25,39)40)18-32(51)45-12-8-22(9-13-45)56-23-4-2-20-15-29(48)34(33(38)24(20)16-23)46-17-31(50)42-57(46,54)55/h2-5,14-16,22,25,27,48H,6-13,17-19H2,1H3,(H,42,50)(H,41,49,52). The van der Waals surface area contributed by atoms with Gasteiger partial charge in [-0.25, -0.2) is 27.0 Å². The molecule has 4 fully saturated rings. The number of alkyl halides is 2. The lowest BCUT2D eigenvalue weighted by molar-refractivity contribution is -0.138. The Morgan fingerprint density at radius 3 is 2.40 bits per heavy atom. The number of anilines is 1. The molecule has 2 unspecified atom stereocenters. The molecule has 16 nitrogen and oxygen atoms in total. The summed E-state index contributed by atoms with van der Waals surface area (Å²) in [5.41, 5.74) is -0.0446. The molecule has 5 heterocycles. The van der Waals surface area contributed by atoms with E-state index in [0.717, 1.165) is 0 Å². The van der Waals surface area contributed by atoms with Crippen molar-refractivity contribution in [3.63, 3.8) is 0 Å². The third-order valence-electron chi connectivity index (χ3n) is 11.2. The number of aryl methyl sites for hydroxylation is 1. The third kappa shape index (κ3) is 6.93. The van der Waals surface area contributed by atoms with Crippen molar-refractivity contribution in [2.45, 2.75) is 56.1 Å². The van der Waals surface area contributed by atoms with Gasteiger partial charge in [0.2, 0.25) is 17.7 Å². The van der Waals surface area contributed by atoms with E-state index >= 15 is 13.2 Å². The average Bonchev–Trinajstić information content (AvgIpc) is 3.56. The zero-order valence-electron chi connectivity index (χ0n) is 30.5. The molecule has 4 aromatic rings. The molecule has 20 heteroatoms. The van der Waals surface area contributed by atoms with E-state index in [9.17, 15) is 37.5 Å². The first kappa shape index (κ1) is 38.3. The van der Waals surface area contributed by atoms with E-state index < -0.39 is 81.8 Å². The summed E-state index contributed by atoms with van der Waals surface area (Å²) in [5.74, 6) is -8.02. The maximum absolute atomic E-state index is 15.8. The van der Waals surface area contributed by atoms with Gasteiger partial charge in [0, 0.05) is 44.8 Å². The van der Waals surface area contributed by atoms with Gasteiger partial charge in [-0.05, 0) is 60.7 Å². The topological polar surface area (TPSA) is 193 Å². The van der Waals surface area contributed by atoms with Gasteiger partial charge in [0.05, 0.1) is 30.0 Å². The van der Waals surface area contributed by atoms with Crippen LogP contribution in [0.25, 0.3) is 21.8 Å². The molecule has 4 amide bonds. The highest BCUT2D eigenvalue weighted by atomic mass is 32.2. The molecule has 0 spiro atoms. The lowest BCUT2D eigenvalue weighted by Gasteiger charge is -2.39. The summed E-state index contributed by atoms with van der Waals surface area (Å²) in [7, 11) is -2.89. The van der Waals surface area contributed by atoms with Gasteiger partial charge >= 0.3 is 15.9 Å². The molecule has 3 aromatic carbocycles. The second-order valence-corrected chi connectivity index (χ2v) is 16.5. The normalized spacial score (nSPS) is 22.9. The Morgan fingerprint density at radius 1 is 0.965 bits per heavy atom. The molecule has 3 N–H and O–H groups in total. The number of rotatable bonds is 7. The van der Waals surface area contributed by atoms with Crippen molar-refractivity contribution >= 4 is 61.3 Å². The molecule has 4 saturated heterocycles. The zero-order chi connectivity index (χ0) is 40.6. The Morgan fingerprint density at radius 2 is 1.72 bits per heavy atom. The Kier molecular flexibility index (Phi) is 9.45. The first-order valence-electron chi connectivity index (χ1n) is 18.4. The van der Waals surface area contributed by atoms with Crippen molar-refractivity contribution in [1.29, 1.82) is 0 Å². The fourth-order valence-electron chi connectivity index (χ4n) is 8.35. The summed E-state index contributed by atoms with van der Waals surface area (Å²) in [5, 5.41) is 12.9. The quantitative estimate of drug-likeness (QED) is 0.233. The Bertz CT molecular complexity index is 2530. The van der Waals surface area contributed by atoms with E-state index in [0.29, 0.717) is 46.8 Å². The summed E-state index contributed by atoms with van der Waals surface area (Å²) in [6.45, 7) is -0.730. The van der Waals surface area contributed by atoms with Crippen LogP contribution in [0.2, 0.25) is 0 Å². The summed E-state index contributed by atoms with van der Waals surface area (Å²) >= 11 is 0. The molecule has 4 aliphatic rings. The number of phenols is 1. The smallest absolute Gasteiger partial charge is 0.329 e. The fourth-order valence-corrected chi connectivity index (χ4v) is 9.52. The molecule has 1 aromatic heterocycles. The Hall–Kier alpha value is -5.63. The van der Waals surface area contributed by atoms with E-state index in [1.807, 2.05) is 0 Å². The van der Waals surface area contributed by atoms with Crippen LogP contribution in [-0.4, -0.2) is 107 Å². The highest BCUT2D eigenvalue weighted by Crippen LogP contribution is 2.42. The van der Waals surface area contributed by atoms with Crippen molar-refractivity contribution < 1.29 is 50.6 Å². The number of hydrogen-bond acceptors (Lipinski definition) is 10. The molecule has 302 valence electrons. The number of imidazole rings is 1. The highest BCUT2D eigenvalue weighted by Gasteiger charge is 2.46. The van der Waals surface area contributed by atoms with Gasteiger partial charge in [0.15, 0.2) is 5.82 Å². The van der Waals surface area contributed by atoms with Crippen LogP contribution in [0.4, 0.5) is 18.9 Å². The Labute approximate surface area is 322 Å². The number of carbonyl (C=O) groups is 4. The third-order valence-corrected chi connectivity index (χ3v) is 12.6. The van der Waals surface area contributed by atoms with Crippen molar-refractivity contribution in [2.75, 3.05) is 43.6 Å². The summed E-state index contributed by atoms with van der Waals surface area (Å²) in [4.78, 5) is 65.4. The van der Waals surface area contributed by atoms with Crippen molar-refractivity contribution in [2.24, 2.45) is 7.05 Å². The number of ether oxygens (including phenoxy) is 1. The first-order chi connectivity index (χ1) is 27.0. The molecular weight excluding hydrogens is 776 g/mol. The lowest BCUT2D eigenvalue weighted by Crippen LogP contribution is -2.52. The van der Waals surface area contributed by atoms with Crippen molar-refractivity contribution in [3.05, 3.63) is 64.3 Å². The largest absolute Gasteiger partial charge is 0.506 e. The SMILES string of the molecule is Cn1c(=O)n(C2CCC(=O)NC2=O)c2ccc(C3CCN(CC(=O)N4CCC(Oc5ccc6cc(O)c(N7CC(=O)NS7(=O)=O)c(F)c6c5)CC4)CC3(F)F)cc21. The lowest BCUT2D eigenvalue weighted by atomic mass is 9.86. The van der Waals surface area contributed by atoms with Gasteiger partial charge < -0.3 is 14.7 Å². The van der Waals surface area contributed by atoms with E-state index in [2.05, 4.69) is 5.32 Å². The molecular formula is C37H38F3N7O9S. The Balaban J connectivity index is 0.879. The molecule has 2 atom stereocenters. The average molecular weight is 814 g/mol. The van der Waals surface area contributed by atoms with Crippen LogP contribution < -0.4 is 24.8 Å². The number of halogens is 3. The molecule has 0 bridgehead atoms. The fraction of sp³-hybridized carbons (Fsp3) is 0.432. The number of piperidine rings is 3. The number of carbonyl (C=O) groups excluding carboxylic acids is 4. The van der Waals surface area contributed by atoms with Gasteiger partial charge in [0.25, 0.3) is 11.8 Å². The first-order valence-corrected chi connectivity index (χ1v) is 19.8. The van der Waals surface area contributed by atoms with E-state index in [4.69, 9.17) is 4.74 Å². The number of benzene rings is 3. The van der Waals surface area contributed by atoms with E-state index in [-0.39, 0.29) is 60.9 Å². The summed E-state index contributed by atoms with van der Waals surface area (Å²) < 4.78 is 82.8. The number of aromatic nitrogens is 2. The molecule has 8 rings (SSSR count). The zero-order valence-corrected chi connectivity index (χ0v) is 31.4. The number of amides is 4. The molecule has 57 heavy (non-hydrogen) atoms. The van der Waals surface area contributed by atoms with Crippen LogP contribution >= 0.6 is 0 Å². The molecule has 0 aliphatic carbocycles. The van der Waals surface area contributed by atoms with Crippen LogP contribution in [-0.2, 0) is 36.4 Å². The van der Waals surface area contributed by atoms with E-state index in [1.54, 1.807) is 27.8 Å². The van der Waals surface area contributed by atoms with Crippen LogP contribution in [0.1, 0.15) is 49.6 Å².